The Bertz CT molecular complexity index is 837. The highest BCUT2D eigenvalue weighted by Gasteiger charge is 2.14. The molecule has 3 aromatic rings. The second-order valence-corrected chi connectivity index (χ2v) is 8.01. The van der Waals surface area contributed by atoms with Gasteiger partial charge >= 0.3 is 0 Å². The summed E-state index contributed by atoms with van der Waals surface area (Å²) >= 11 is 4.36. The maximum absolute atomic E-state index is 11.9. The maximum Gasteiger partial charge on any atom is 0.236 e. The quantitative estimate of drug-likeness (QED) is 0.699. The Morgan fingerprint density at radius 3 is 2.78 bits per heavy atom. The number of aryl methyl sites for hydroxylation is 2. The highest BCUT2D eigenvalue weighted by molar-refractivity contribution is 7.99. The third-order valence-electron chi connectivity index (χ3n) is 2.93. The molecule has 3 aromatic heterocycles. The van der Waals surface area contributed by atoms with E-state index in [4.69, 9.17) is 0 Å². The zero-order valence-corrected chi connectivity index (χ0v) is 15.2. The van der Waals surface area contributed by atoms with E-state index in [0.717, 1.165) is 16.4 Å². The van der Waals surface area contributed by atoms with Crippen molar-refractivity contribution in [1.29, 1.82) is 0 Å². The van der Waals surface area contributed by atoms with Crippen LogP contribution in [0.5, 0.6) is 0 Å². The van der Waals surface area contributed by atoms with Gasteiger partial charge in [-0.15, -0.1) is 31.7 Å². The molecule has 1 amide bonds. The van der Waals surface area contributed by atoms with Crippen LogP contribution in [0.25, 0.3) is 11.4 Å². The van der Waals surface area contributed by atoms with Gasteiger partial charge in [0.2, 0.25) is 11.0 Å². The summed E-state index contributed by atoms with van der Waals surface area (Å²) in [5.74, 6) is 0.909. The number of nitrogens with one attached hydrogen (secondary N) is 1. The fraction of sp³-hybridized carbons (Fsp3) is 0.308. The molecule has 0 saturated heterocycles. The lowest BCUT2D eigenvalue weighted by atomic mass is 10.3. The summed E-state index contributed by atoms with van der Waals surface area (Å²) in [6, 6.07) is 2.08. The largest absolute Gasteiger partial charge is 0.305 e. The van der Waals surface area contributed by atoms with Crippen molar-refractivity contribution >= 4 is 45.5 Å². The summed E-state index contributed by atoms with van der Waals surface area (Å²) in [6.07, 6.45) is 0. The summed E-state index contributed by atoms with van der Waals surface area (Å²) < 4.78 is 1.90. The van der Waals surface area contributed by atoms with Crippen LogP contribution in [0.4, 0.5) is 5.13 Å². The lowest BCUT2D eigenvalue weighted by Gasteiger charge is -2.02. The van der Waals surface area contributed by atoms with Crippen molar-refractivity contribution in [2.24, 2.45) is 7.05 Å². The number of carbonyl (C=O) groups is 1. The van der Waals surface area contributed by atoms with E-state index < -0.39 is 0 Å². The van der Waals surface area contributed by atoms with Crippen LogP contribution in [0.2, 0.25) is 0 Å². The van der Waals surface area contributed by atoms with Crippen LogP contribution in [0, 0.1) is 13.8 Å². The molecular weight excluding hydrogens is 352 g/mol. The zero-order valence-electron chi connectivity index (χ0n) is 12.7. The summed E-state index contributed by atoms with van der Waals surface area (Å²) in [4.78, 5) is 13.2. The summed E-state index contributed by atoms with van der Waals surface area (Å²) in [5, 5.41) is 22.9. The van der Waals surface area contributed by atoms with Gasteiger partial charge in [-0.1, -0.05) is 23.1 Å². The molecule has 3 rings (SSSR count). The van der Waals surface area contributed by atoms with E-state index in [1.165, 1.54) is 28.0 Å². The number of hydrogen-bond donors (Lipinski definition) is 1. The lowest BCUT2D eigenvalue weighted by Crippen LogP contribution is -2.14. The number of nitrogens with zero attached hydrogens (tertiary/aromatic N) is 5. The van der Waals surface area contributed by atoms with Gasteiger partial charge in [0.05, 0.1) is 5.75 Å². The fourth-order valence-electron chi connectivity index (χ4n) is 1.89. The van der Waals surface area contributed by atoms with E-state index in [-0.39, 0.29) is 11.7 Å². The number of hydrogen-bond acceptors (Lipinski definition) is 8. The second kappa shape index (κ2) is 6.77. The number of rotatable bonds is 5. The maximum atomic E-state index is 11.9. The summed E-state index contributed by atoms with van der Waals surface area (Å²) in [7, 11) is 1.90. The van der Waals surface area contributed by atoms with Crippen LogP contribution >= 0.6 is 34.4 Å². The normalized spacial score (nSPS) is 10.9. The average Bonchev–Trinajstić information content (AvgIpc) is 3.19. The number of carbonyl (C=O) groups excluding carboxylic acids is 1. The molecule has 0 spiro atoms. The van der Waals surface area contributed by atoms with Gasteiger partial charge in [0.25, 0.3) is 0 Å². The van der Waals surface area contributed by atoms with Crippen molar-refractivity contribution in [3.05, 3.63) is 21.3 Å². The predicted octanol–water partition coefficient (Wildman–Crippen LogP) is 2.74. The minimum atomic E-state index is -0.137. The minimum absolute atomic E-state index is 0.137. The number of thioether (sulfide) groups is 1. The zero-order chi connectivity index (χ0) is 16.4. The molecule has 0 unspecified atom stereocenters. The summed E-state index contributed by atoms with van der Waals surface area (Å²) in [5.41, 5.74) is 1.04. The Kier molecular flexibility index (Phi) is 4.74. The van der Waals surface area contributed by atoms with E-state index in [1.807, 2.05) is 18.5 Å². The van der Waals surface area contributed by atoms with Crippen molar-refractivity contribution in [2.45, 2.75) is 19.0 Å². The molecule has 0 bridgehead atoms. The van der Waals surface area contributed by atoms with Gasteiger partial charge < -0.3 is 4.57 Å². The van der Waals surface area contributed by atoms with Crippen LogP contribution in [0.3, 0.4) is 0 Å². The van der Waals surface area contributed by atoms with Crippen LogP contribution in [-0.2, 0) is 11.8 Å². The first-order valence-electron chi connectivity index (χ1n) is 6.70. The monoisotopic (exact) mass is 366 g/mol. The number of amides is 1. The van der Waals surface area contributed by atoms with Crippen LogP contribution < -0.4 is 5.32 Å². The first kappa shape index (κ1) is 16.1. The van der Waals surface area contributed by atoms with Gasteiger partial charge in [-0.05, 0) is 19.9 Å². The van der Waals surface area contributed by atoms with Crippen molar-refractivity contribution < 1.29 is 4.79 Å². The Balaban J connectivity index is 1.62. The van der Waals surface area contributed by atoms with Crippen molar-refractivity contribution in [3.63, 3.8) is 0 Å². The van der Waals surface area contributed by atoms with Crippen molar-refractivity contribution in [1.82, 2.24) is 25.0 Å². The van der Waals surface area contributed by atoms with Crippen LogP contribution in [0.15, 0.2) is 16.6 Å². The van der Waals surface area contributed by atoms with Gasteiger partial charge in [-0.2, -0.15) is 0 Å². The average molecular weight is 366 g/mol. The molecule has 0 saturated carbocycles. The molecule has 23 heavy (non-hydrogen) atoms. The third-order valence-corrected chi connectivity index (χ3v) is 5.56. The molecule has 0 aliphatic carbocycles. The molecular formula is C13H14N6OS3. The number of anilines is 1. The predicted molar refractivity (Wildman–Crippen MR) is 93.1 cm³/mol. The van der Waals surface area contributed by atoms with Gasteiger partial charge in [-0.25, -0.2) is 0 Å². The van der Waals surface area contributed by atoms with Gasteiger partial charge in [0.1, 0.15) is 5.01 Å². The molecule has 0 fully saturated rings. The van der Waals surface area contributed by atoms with Crippen molar-refractivity contribution in [2.75, 3.05) is 11.1 Å². The van der Waals surface area contributed by atoms with Gasteiger partial charge in [0, 0.05) is 22.9 Å². The first-order valence-corrected chi connectivity index (χ1v) is 9.39. The molecule has 0 atom stereocenters. The summed E-state index contributed by atoms with van der Waals surface area (Å²) in [6.45, 7) is 3.90. The highest BCUT2D eigenvalue weighted by Crippen LogP contribution is 2.26. The van der Waals surface area contributed by atoms with Gasteiger partial charge in [-0.3, -0.25) is 10.1 Å². The Hall–Kier alpha value is -1.78. The number of thiophene rings is 1. The Morgan fingerprint density at radius 1 is 1.30 bits per heavy atom. The second-order valence-electron chi connectivity index (χ2n) is 4.77. The first-order chi connectivity index (χ1) is 11.0. The van der Waals surface area contributed by atoms with E-state index in [0.29, 0.717) is 10.3 Å². The molecule has 0 aliphatic rings. The molecule has 0 radical (unpaired) electrons. The Morgan fingerprint density at radius 2 is 2.13 bits per heavy atom. The fourth-order valence-corrected chi connectivity index (χ4v) is 3.89. The SMILES string of the molecule is Cc1cc(-c2nnc(SCC(=O)Nc3nnc(C)s3)n2C)cs1. The van der Waals surface area contributed by atoms with Crippen LogP contribution in [-0.4, -0.2) is 36.6 Å². The van der Waals surface area contributed by atoms with Gasteiger partial charge in [0.15, 0.2) is 11.0 Å². The van der Waals surface area contributed by atoms with E-state index in [1.54, 1.807) is 11.3 Å². The van der Waals surface area contributed by atoms with E-state index in [2.05, 4.69) is 44.1 Å². The van der Waals surface area contributed by atoms with Crippen molar-refractivity contribution in [3.8, 4) is 11.4 Å². The number of aromatic nitrogens is 5. The topological polar surface area (TPSA) is 85.6 Å². The highest BCUT2D eigenvalue weighted by atomic mass is 32.2. The molecule has 0 aliphatic heterocycles. The molecule has 3 heterocycles. The smallest absolute Gasteiger partial charge is 0.236 e. The minimum Gasteiger partial charge on any atom is -0.305 e. The molecule has 10 heteroatoms. The molecule has 1 N–H and O–H groups in total. The molecule has 7 nitrogen and oxygen atoms in total. The van der Waals surface area contributed by atoms with E-state index in [9.17, 15) is 4.79 Å². The standard InChI is InChI=1S/C13H14N6OS3/c1-7-4-9(5-21-7)11-16-18-13(19(11)3)22-6-10(20)14-12-17-15-8(2)23-12/h4-5H,6H2,1-3H3,(H,14,17,20). The lowest BCUT2D eigenvalue weighted by molar-refractivity contribution is -0.113. The third kappa shape index (κ3) is 3.77. The molecule has 120 valence electrons. The molecule has 0 aromatic carbocycles. The van der Waals surface area contributed by atoms with Crippen LogP contribution in [0.1, 0.15) is 9.88 Å². The Labute approximate surface area is 145 Å². The van der Waals surface area contributed by atoms with E-state index >= 15 is 0 Å².